The fraction of sp³-hybridized carbons (Fsp3) is 0.700. The quantitative estimate of drug-likeness (QED) is 0.757. The maximum atomic E-state index is 11.5. The molecular weight excluding hydrogens is 224 g/mol. The Morgan fingerprint density at radius 1 is 1.53 bits per heavy atom. The molecular formula is C10H16N4O3. The van der Waals surface area contributed by atoms with Crippen LogP contribution in [0.2, 0.25) is 0 Å². The molecule has 2 heterocycles. The number of nitrogens with one attached hydrogen (secondary N) is 1. The Balaban J connectivity index is 2.14. The van der Waals surface area contributed by atoms with Crippen LogP contribution in [-0.4, -0.2) is 35.8 Å². The van der Waals surface area contributed by atoms with Crippen molar-refractivity contribution in [2.24, 2.45) is 5.73 Å². The summed E-state index contributed by atoms with van der Waals surface area (Å²) in [7, 11) is 0. The fourth-order valence-electron chi connectivity index (χ4n) is 1.71. The monoisotopic (exact) mass is 240 g/mol. The zero-order valence-electron chi connectivity index (χ0n) is 9.73. The summed E-state index contributed by atoms with van der Waals surface area (Å²) in [5, 5.41) is 6.24. The van der Waals surface area contributed by atoms with Gasteiger partial charge in [-0.3, -0.25) is 4.79 Å². The van der Waals surface area contributed by atoms with Crippen LogP contribution in [0, 0.1) is 0 Å². The number of aromatic nitrogens is 2. The molecule has 0 radical (unpaired) electrons. The number of ether oxygens (including phenoxy) is 1. The average Bonchev–Trinajstić information content (AvgIpc) is 2.80. The molecule has 0 unspecified atom stereocenters. The van der Waals surface area contributed by atoms with Gasteiger partial charge in [0.25, 0.3) is 11.7 Å². The van der Waals surface area contributed by atoms with E-state index in [2.05, 4.69) is 15.5 Å². The highest BCUT2D eigenvalue weighted by Gasteiger charge is 2.36. The topological polar surface area (TPSA) is 103 Å². The maximum absolute atomic E-state index is 11.5. The first-order chi connectivity index (χ1) is 8.15. The summed E-state index contributed by atoms with van der Waals surface area (Å²) >= 11 is 0. The molecule has 1 aromatic heterocycles. The molecule has 1 aliphatic heterocycles. The number of hydrogen-bond donors (Lipinski definition) is 2. The maximum Gasteiger partial charge on any atom is 0.292 e. The minimum absolute atomic E-state index is 0.0261. The van der Waals surface area contributed by atoms with Gasteiger partial charge in [-0.05, 0) is 19.8 Å². The lowest BCUT2D eigenvalue weighted by atomic mass is 9.91. The van der Waals surface area contributed by atoms with E-state index in [1.54, 1.807) is 0 Å². The highest BCUT2D eigenvalue weighted by atomic mass is 16.5. The second kappa shape index (κ2) is 4.80. The first-order valence-electron chi connectivity index (χ1n) is 5.65. The molecule has 0 aromatic carbocycles. The van der Waals surface area contributed by atoms with Crippen LogP contribution >= 0.6 is 0 Å². The molecule has 0 atom stereocenters. The number of amides is 1. The van der Waals surface area contributed by atoms with E-state index in [1.807, 2.05) is 6.92 Å². The molecule has 3 N–H and O–H groups in total. The Kier molecular flexibility index (Phi) is 3.39. The second-order valence-electron chi connectivity index (χ2n) is 4.05. The third-order valence-corrected chi connectivity index (χ3v) is 2.78. The van der Waals surface area contributed by atoms with Crippen LogP contribution in [0.25, 0.3) is 0 Å². The van der Waals surface area contributed by atoms with E-state index < -0.39 is 5.54 Å². The van der Waals surface area contributed by atoms with Gasteiger partial charge in [0.05, 0.1) is 0 Å². The van der Waals surface area contributed by atoms with Crippen molar-refractivity contribution < 1.29 is 14.1 Å². The molecule has 0 aliphatic carbocycles. The molecule has 1 fully saturated rings. The normalized spacial score (nSPS) is 18.9. The van der Waals surface area contributed by atoms with Gasteiger partial charge in [0, 0.05) is 19.8 Å². The van der Waals surface area contributed by atoms with Crippen LogP contribution in [0.4, 0.5) is 0 Å². The molecule has 94 valence electrons. The number of hydrogen-bond acceptors (Lipinski definition) is 6. The Hall–Kier alpha value is -1.47. The number of carbonyl (C=O) groups is 1. The van der Waals surface area contributed by atoms with Crippen LogP contribution in [0.3, 0.4) is 0 Å². The predicted octanol–water partition coefficient (Wildman–Crippen LogP) is -0.216. The van der Waals surface area contributed by atoms with Crippen molar-refractivity contribution >= 4 is 5.91 Å². The largest absolute Gasteiger partial charge is 0.381 e. The summed E-state index contributed by atoms with van der Waals surface area (Å²) < 4.78 is 10.3. The van der Waals surface area contributed by atoms with E-state index in [9.17, 15) is 4.79 Å². The van der Waals surface area contributed by atoms with Gasteiger partial charge in [0.2, 0.25) is 5.89 Å². The molecule has 1 aliphatic rings. The Bertz CT molecular complexity index is 398. The van der Waals surface area contributed by atoms with Crippen LogP contribution in [-0.2, 0) is 10.3 Å². The SMILES string of the molecule is CCNC(=O)c1noc(C2(N)CCOCC2)n1. The predicted molar refractivity (Wildman–Crippen MR) is 58.2 cm³/mol. The third kappa shape index (κ3) is 2.45. The van der Waals surface area contributed by atoms with Crippen LogP contribution in [0.1, 0.15) is 36.3 Å². The number of nitrogens with zero attached hydrogens (tertiary/aromatic N) is 2. The van der Waals surface area contributed by atoms with Gasteiger partial charge in [0.15, 0.2) is 0 Å². The molecule has 0 bridgehead atoms. The van der Waals surface area contributed by atoms with Gasteiger partial charge < -0.3 is 20.3 Å². The fourth-order valence-corrected chi connectivity index (χ4v) is 1.71. The van der Waals surface area contributed by atoms with Crippen LogP contribution in [0.15, 0.2) is 4.52 Å². The highest BCUT2D eigenvalue weighted by Crippen LogP contribution is 2.27. The average molecular weight is 240 g/mol. The van der Waals surface area contributed by atoms with E-state index in [0.717, 1.165) is 0 Å². The molecule has 17 heavy (non-hydrogen) atoms. The molecule has 0 spiro atoms. The van der Waals surface area contributed by atoms with Gasteiger partial charge in [0.1, 0.15) is 5.54 Å². The van der Waals surface area contributed by atoms with Crippen LogP contribution < -0.4 is 11.1 Å². The molecule has 2 rings (SSSR count). The zero-order chi connectivity index (χ0) is 12.3. The molecule has 7 heteroatoms. The zero-order valence-corrected chi connectivity index (χ0v) is 9.73. The number of nitrogens with two attached hydrogens (primary N) is 1. The van der Waals surface area contributed by atoms with Crippen molar-refractivity contribution in [1.29, 1.82) is 0 Å². The number of rotatable bonds is 3. The van der Waals surface area contributed by atoms with E-state index in [0.29, 0.717) is 38.5 Å². The van der Waals surface area contributed by atoms with Crippen molar-refractivity contribution in [2.45, 2.75) is 25.3 Å². The van der Waals surface area contributed by atoms with Crippen LogP contribution in [0.5, 0.6) is 0 Å². The minimum atomic E-state index is -0.671. The lowest BCUT2D eigenvalue weighted by Gasteiger charge is -2.29. The summed E-state index contributed by atoms with van der Waals surface area (Å²) in [5.74, 6) is -0.0154. The lowest BCUT2D eigenvalue weighted by molar-refractivity contribution is 0.0400. The van der Waals surface area contributed by atoms with E-state index >= 15 is 0 Å². The van der Waals surface area contributed by atoms with Gasteiger partial charge in [-0.2, -0.15) is 4.98 Å². The van der Waals surface area contributed by atoms with Gasteiger partial charge in [-0.15, -0.1) is 0 Å². The minimum Gasteiger partial charge on any atom is -0.381 e. The first-order valence-corrected chi connectivity index (χ1v) is 5.65. The second-order valence-corrected chi connectivity index (χ2v) is 4.05. The van der Waals surface area contributed by atoms with Gasteiger partial charge in [-0.25, -0.2) is 0 Å². The molecule has 1 amide bonds. The summed E-state index contributed by atoms with van der Waals surface area (Å²) in [4.78, 5) is 15.5. The smallest absolute Gasteiger partial charge is 0.292 e. The summed E-state index contributed by atoms with van der Waals surface area (Å²) in [6.45, 7) is 3.47. The summed E-state index contributed by atoms with van der Waals surface area (Å²) in [6, 6.07) is 0. The third-order valence-electron chi connectivity index (χ3n) is 2.78. The van der Waals surface area contributed by atoms with Crippen molar-refractivity contribution in [1.82, 2.24) is 15.5 Å². The van der Waals surface area contributed by atoms with Crippen molar-refractivity contribution in [2.75, 3.05) is 19.8 Å². The lowest BCUT2D eigenvalue weighted by Crippen LogP contribution is -2.42. The van der Waals surface area contributed by atoms with E-state index in [1.165, 1.54) is 0 Å². The van der Waals surface area contributed by atoms with Crippen molar-refractivity contribution in [3.8, 4) is 0 Å². The van der Waals surface area contributed by atoms with E-state index in [-0.39, 0.29) is 11.7 Å². The highest BCUT2D eigenvalue weighted by molar-refractivity contribution is 5.90. The Morgan fingerprint density at radius 2 is 2.24 bits per heavy atom. The molecule has 1 aromatic rings. The van der Waals surface area contributed by atoms with Crippen molar-refractivity contribution in [3.05, 3.63) is 11.7 Å². The standard InChI is InChI=1S/C10H16N4O3/c1-2-12-8(15)7-13-9(17-14-7)10(11)3-5-16-6-4-10/h2-6,11H2,1H3,(H,12,15). The molecule has 0 saturated carbocycles. The summed E-state index contributed by atoms with van der Waals surface area (Å²) in [6.07, 6.45) is 1.23. The Morgan fingerprint density at radius 3 is 2.88 bits per heavy atom. The summed E-state index contributed by atoms with van der Waals surface area (Å²) in [5.41, 5.74) is 5.49. The number of carbonyl (C=O) groups excluding carboxylic acids is 1. The van der Waals surface area contributed by atoms with Gasteiger partial charge in [-0.1, -0.05) is 5.16 Å². The van der Waals surface area contributed by atoms with Gasteiger partial charge >= 0.3 is 0 Å². The van der Waals surface area contributed by atoms with Crippen molar-refractivity contribution in [3.63, 3.8) is 0 Å². The van der Waals surface area contributed by atoms with E-state index in [4.69, 9.17) is 15.0 Å². The molecule has 7 nitrogen and oxygen atoms in total. The Labute approximate surface area is 98.7 Å². The first kappa shape index (κ1) is 12.0. The molecule has 1 saturated heterocycles.